The summed E-state index contributed by atoms with van der Waals surface area (Å²) in [4.78, 5) is 38.9. The number of aliphatic hydroxyl groups excluding tert-OH is 2. The summed E-state index contributed by atoms with van der Waals surface area (Å²) >= 11 is 0. The number of aromatic hydroxyl groups is 1. The smallest absolute Gasteiger partial charge is 0.323 e. The summed E-state index contributed by atoms with van der Waals surface area (Å²) in [5, 5.41) is 30.4. The van der Waals surface area contributed by atoms with E-state index in [1.807, 2.05) is 6.07 Å². The van der Waals surface area contributed by atoms with Crippen LogP contribution in [0, 0.1) is 0 Å². The Hall–Kier alpha value is -3.52. The minimum Gasteiger partial charge on any atom is -0.493 e. The molecule has 13 nitrogen and oxygen atoms in total. The van der Waals surface area contributed by atoms with E-state index in [1.165, 1.54) is 0 Å². The highest BCUT2D eigenvalue weighted by atomic mass is 16.6. The number of amides is 1. The zero-order valence-electron chi connectivity index (χ0n) is 17.3. The third kappa shape index (κ3) is 5.64. The molecule has 2 heterocycles. The molecule has 0 saturated carbocycles. The predicted molar refractivity (Wildman–Crippen MR) is 108 cm³/mol. The number of aliphatic hydroxyl groups is 2. The SMILES string of the molecule is NC(=O)c1ncn(C2OC(COC(=O)[C@@H](N)CC(=O)OCc3ccccc3)C(O)C2O)c1O. The molecule has 178 valence electrons. The zero-order valence-corrected chi connectivity index (χ0v) is 17.3. The van der Waals surface area contributed by atoms with Crippen LogP contribution in [0.5, 0.6) is 5.88 Å². The molecule has 5 atom stereocenters. The third-order valence-corrected chi connectivity index (χ3v) is 4.93. The summed E-state index contributed by atoms with van der Waals surface area (Å²) in [7, 11) is 0. The van der Waals surface area contributed by atoms with Crippen LogP contribution in [0.25, 0.3) is 0 Å². The Labute approximate surface area is 187 Å². The molecule has 33 heavy (non-hydrogen) atoms. The number of carbonyl (C=O) groups excluding carboxylic acids is 3. The molecule has 1 amide bonds. The lowest BCUT2D eigenvalue weighted by molar-refractivity contribution is -0.156. The van der Waals surface area contributed by atoms with E-state index in [1.54, 1.807) is 24.3 Å². The lowest BCUT2D eigenvalue weighted by Gasteiger charge is -2.17. The van der Waals surface area contributed by atoms with Crippen LogP contribution in [0.4, 0.5) is 0 Å². The van der Waals surface area contributed by atoms with E-state index < -0.39 is 73.0 Å². The van der Waals surface area contributed by atoms with Crippen molar-refractivity contribution in [3.8, 4) is 5.88 Å². The maximum Gasteiger partial charge on any atom is 0.323 e. The number of carbonyl (C=O) groups is 3. The number of primary amides is 1. The van der Waals surface area contributed by atoms with Crippen LogP contribution in [0.3, 0.4) is 0 Å². The van der Waals surface area contributed by atoms with Gasteiger partial charge in [-0.25, -0.2) is 4.98 Å². The highest BCUT2D eigenvalue weighted by Gasteiger charge is 2.45. The molecule has 3 rings (SSSR count). The minimum atomic E-state index is -1.55. The largest absolute Gasteiger partial charge is 0.493 e. The maximum absolute atomic E-state index is 12.1. The second kappa shape index (κ2) is 10.4. The van der Waals surface area contributed by atoms with Crippen LogP contribution in [0.2, 0.25) is 0 Å². The van der Waals surface area contributed by atoms with Gasteiger partial charge in [0.05, 0.1) is 6.42 Å². The molecule has 2 aromatic rings. The molecular weight excluding hydrogens is 440 g/mol. The number of hydrogen-bond acceptors (Lipinski definition) is 11. The lowest BCUT2D eigenvalue weighted by atomic mass is 10.1. The molecule has 1 aromatic carbocycles. The van der Waals surface area contributed by atoms with Gasteiger partial charge in [0.15, 0.2) is 11.9 Å². The number of aromatic nitrogens is 2. The molecule has 0 spiro atoms. The van der Waals surface area contributed by atoms with E-state index in [9.17, 15) is 29.7 Å². The average molecular weight is 464 g/mol. The van der Waals surface area contributed by atoms with Crippen LogP contribution in [-0.2, 0) is 30.4 Å². The molecule has 1 aliphatic rings. The number of rotatable bonds is 9. The molecule has 1 aromatic heterocycles. The van der Waals surface area contributed by atoms with Crippen molar-refractivity contribution < 1.29 is 43.9 Å². The van der Waals surface area contributed by atoms with Crippen molar-refractivity contribution in [3.05, 3.63) is 47.9 Å². The Bertz CT molecular complexity index is 997. The van der Waals surface area contributed by atoms with Gasteiger partial charge in [0.1, 0.15) is 43.9 Å². The van der Waals surface area contributed by atoms with E-state index in [4.69, 9.17) is 25.7 Å². The summed E-state index contributed by atoms with van der Waals surface area (Å²) in [5.41, 5.74) is 11.1. The van der Waals surface area contributed by atoms with Gasteiger partial charge in [-0.05, 0) is 5.56 Å². The molecule has 0 aliphatic carbocycles. The second-order valence-corrected chi connectivity index (χ2v) is 7.32. The Balaban J connectivity index is 1.49. The number of nitrogens with zero attached hydrogens (tertiary/aromatic N) is 2. The quantitative estimate of drug-likeness (QED) is 0.264. The molecule has 0 radical (unpaired) electrons. The third-order valence-electron chi connectivity index (χ3n) is 4.93. The molecule has 1 saturated heterocycles. The first kappa shape index (κ1) is 24.1. The zero-order chi connectivity index (χ0) is 24.1. The fraction of sp³-hybridized carbons (Fsp3) is 0.400. The monoisotopic (exact) mass is 464 g/mol. The highest BCUT2D eigenvalue weighted by molar-refractivity contribution is 5.93. The summed E-state index contributed by atoms with van der Waals surface area (Å²) in [6.07, 6.45) is -4.99. The van der Waals surface area contributed by atoms with Crippen LogP contribution < -0.4 is 11.5 Å². The van der Waals surface area contributed by atoms with Gasteiger partial charge < -0.3 is 41.0 Å². The number of benzene rings is 1. The van der Waals surface area contributed by atoms with E-state index in [2.05, 4.69) is 4.98 Å². The average Bonchev–Trinajstić information content (AvgIpc) is 3.31. The van der Waals surface area contributed by atoms with Gasteiger partial charge in [0.2, 0.25) is 5.88 Å². The molecule has 0 bridgehead atoms. The first-order valence-electron chi connectivity index (χ1n) is 9.88. The number of ether oxygens (including phenoxy) is 3. The first-order valence-corrected chi connectivity index (χ1v) is 9.88. The van der Waals surface area contributed by atoms with Crippen molar-refractivity contribution in [2.75, 3.05) is 6.61 Å². The normalized spacial score (nSPS) is 23.1. The van der Waals surface area contributed by atoms with Crippen LogP contribution in [0.1, 0.15) is 28.7 Å². The maximum atomic E-state index is 12.1. The number of hydrogen-bond donors (Lipinski definition) is 5. The molecular formula is C20H24N4O9. The summed E-state index contributed by atoms with van der Waals surface area (Å²) in [5.74, 6) is -3.30. The van der Waals surface area contributed by atoms with E-state index >= 15 is 0 Å². The molecule has 1 fully saturated rings. The molecule has 7 N–H and O–H groups in total. The van der Waals surface area contributed by atoms with Crippen LogP contribution >= 0.6 is 0 Å². The fourth-order valence-electron chi connectivity index (χ4n) is 3.14. The van der Waals surface area contributed by atoms with Gasteiger partial charge in [-0.15, -0.1) is 0 Å². The predicted octanol–water partition coefficient (Wildman–Crippen LogP) is -1.69. The standard InChI is InChI=1S/C20H24N4O9/c21-11(6-13(25)31-7-10-4-2-1-3-5-10)20(30)32-8-12-15(26)16(27)19(33-12)24-9-23-14(17(22)28)18(24)29/h1-5,9,11-12,15-16,19,26-27,29H,6-8,21H2,(H2,22,28)/t11-,12?,15?,16?,19?/m0/s1. The van der Waals surface area contributed by atoms with Crippen molar-refractivity contribution >= 4 is 17.8 Å². The van der Waals surface area contributed by atoms with Crippen LogP contribution in [-0.4, -0.2) is 73.7 Å². The van der Waals surface area contributed by atoms with E-state index in [0.717, 1.165) is 16.5 Å². The van der Waals surface area contributed by atoms with Gasteiger partial charge in [-0.1, -0.05) is 30.3 Å². The first-order chi connectivity index (χ1) is 15.7. The lowest BCUT2D eigenvalue weighted by Crippen LogP contribution is -2.39. The van der Waals surface area contributed by atoms with Gasteiger partial charge in [-0.2, -0.15) is 0 Å². The van der Waals surface area contributed by atoms with Crippen LogP contribution in [0.15, 0.2) is 36.7 Å². The Morgan fingerprint density at radius 2 is 1.85 bits per heavy atom. The summed E-state index contributed by atoms with van der Waals surface area (Å²) in [6, 6.07) is 7.63. The Morgan fingerprint density at radius 1 is 1.15 bits per heavy atom. The molecule has 4 unspecified atom stereocenters. The number of nitrogens with two attached hydrogens (primary N) is 2. The Morgan fingerprint density at radius 3 is 2.48 bits per heavy atom. The van der Waals surface area contributed by atoms with Crippen molar-refractivity contribution in [1.29, 1.82) is 0 Å². The Kier molecular flexibility index (Phi) is 7.60. The van der Waals surface area contributed by atoms with Gasteiger partial charge in [0, 0.05) is 0 Å². The summed E-state index contributed by atoms with van der Waals surface area (Å²) in [6.45, 7) is -0.472. The van der Waals surface area contributed by atoms with Gasteiger partial charge in [-0.3, -0.25) is 19.0 Å². The van der Waals surface area contributed by atoms with Crippen molar-refractivity contribution in [3.63, 3.8) is 0 Å². The summed E-state index contributed by atoms with van der Waals surface area (Å²) < 4.78 is 16.4. The molecule has 1 aliphatic heterocycles. The second-order valence-electron chi connectivity index (χ2n) is 7.32. The van der Waals surface area contributed by atoms with Crippen molar-refractivity contribution in [2.24, 2.45) is 11.5 Å². The number of imidazole rings is 1. The van der Waals surface area contributed by atoms with Gasteiger partial charge >= 0.3 is 11.9 Å². The van der Waals surface area contributed by atoms with Crippen molar-refractivity contribution in [1.82, 2.24) is 9.55 Å². The molecule has 13 heteroatoms. The topological polar surface area (TPSA) is 209 Å². The fourth-order valence-corrected chi connectivity index (χ4v) is 3.14. The van der Waals surface area contributed by atoms with Gasteiger partial charge in [0.25, 0.3) is 5.91 Å². The number of esters is 2. The van der Waals surface area contributed by atoms with E-state index in [-0.39, 0.29) is 6.61 Å². The van der Waals surface area contributed by atoms with E-state index in [0.29, 0.717) is 0 Å². The minimum absolute atomic E-state index is 0.0292. The highest BCUT2D eigenvalue weighted by Crippen LogP contribution is 2.33. The van der Waals surface area contributed by atoms with Crippen molar-refractivity contribution in [2.45, 2.75) is 43.6 Å².